The molecule has 1 aliphatic heterocycles. The molecule has 0 spiro atoms. The molecule has 1 fully saturated rings. The van der Waals surface area contributed by atoms with Crippen LogP contribution in [0.3, 0.4) is 0 Å². The van der Waals surface area contributed by atoms with Gasteiger partial charge in [0.05, 0.1) is 10.6 Å². The van der Waals surface area contributed by atoms with E-state index in [1.54, 1.807) is 16.8 Å². The van der Waals surface area contributed by atoms with Gasteiger partial charge in [0.15, 0.2) is 5.17 Å². The summed E-state index contributed by atoms with van der Waals surface area (Å²) in [4.78, 5) is 30.2. The number of nitrogens with one attached hydrogen (secondary N) is 2. The van der Waals surface area contributed by atoms with Gasteiger partial charge < -0.3 is 5.32 Å². The molecule has 2 amide bonds. The van der Waals surface area contributed by atoms with Gasteiger partial charge in [-0.1, -0.05) is 24.3 Å². The number of benzene rings is 2. The Labute approximate surface area is 191 Å². The molecule has 0 aliphatic carbocycles. The van der Waals surface area contributed by atoms with E-state index in [-0.39, 0.29) is 11.8 Å². The van der Waals surface area contributed by atoms with Crippen LogP contribution in [0.1, 0.15) is 38.4 Å². The van der Waals surface area contributed by atoms with Crippen LogP contribution < -0.4 is 10.7 Å². The van der Waals surface area contributed by atoms with Crippen LogP contribution in [-0.4, -0.2) is 21.7 Å². The molecule has 0 saturated carbocycles. The standard InChI is InChI=1S/C25H24N4O2S/c1-15-10-11-21(12-16(15)2)26-25-27-24(31)22(32-25)14-20-13-17(3)29(18(20)4)28-23(30)19-8-6-5-7-9-19/h5-14H,1-4H3,(H,28,30)(H,26,27,31)/b22-14-. The summed E-state index contributed by atoms with van der Waals surface area (Å²) in [7, 11) is 0. The van der Waals surface area contributed by atoms with Crippen LogP contribution in [0.25, 0.3) is 6.08 Å². The first-order valence-corrected chi connectivity index (χ1v) is 11.1. The van der Waals surface area contributed by atoms with Crippen molar-refractivity contribution in [3.8, 4) is 0 Å². The smallest absolute Gasteiger partial charge is 0.270 e. The number of amidine groups is 1. The fourth-order valence-electron chi connectivity index (χ4n) is 3.40. The normalized spacial score (nSPS) is 15.9. The van der Waals surface area contributed by atoms with Crippen molar-refractivity contribution in [2.24, 2.45) is 4.99 Å². The lowest BCUT2D eigenvalue weighted by molar-refractivity contribution is -0.115. The number of carbonyl (C=O) groups is 2. The van der Waals surface area contributed by atoms with Crippen molar-refractivity contribution < 1.29 is 9.59 Å². The lowest BCUT2D eigenvalue weighted by Crippen LogP contribution is -2.24. The summed E-state index contributed by atoms with van der Waals surface area (Å²) in [5.41, 5.74) is 9.23. The molecule has 2 heterocycles. The Balaban J connectivity index is 1.55. The van der Waals surface area contributed by atoms with Gasteiger partial charge in [-0.25, -0.2) is 4.99 Å². The summed E-state index contributed by atoms with van der Waals surface area (Å²) in [6.45, 7) is 7.91. The maximum Gasteiger partial charge on any atom is 0.270 e. The third kappa shape index (κ3) is 4.53. The van der Waals surface area contributed by atoms with Crippen LogP contribution in [0, 0.1) is 27.7 Å². The Morgan fingerprint density at radius 2 is 1.78 bits per heavy atom. The second-order valence-electron chi connectivity index (χ2n) is 7.72. The van der Waals surface area contributed by atoms with E-state index in [2.05, 4.69) is 22.7 Å². The van der Waals surface area contributed by atoms with Crippen molar-refractivity contribution in [2.45, 2.75) is 27.7 Å². The predicted molar refractivity (Wildman–Crippen MR) is 131 cm³/mol. The predicted octanol–water partition coefficient (Wildman–Crippen LogP) is 5.00. The number of rotatable bonds is 4. The number of hydrogen-bond acceptors (Lipinski definition) is 4. The number of thioether (sulfide) groups is 1. The molecular formula is C25H24N4O2S. The van der Waals surface area contributed by atoms with Crippen LogP contribution in [0.5, 0.6) is 0 Å². The lowest BCUT2D eigenvalue weighted by Gasteiger charge is -2.11. The molecule has 1 aromatic heterocycles. The fourth-order valence-corrected chi connectivity index (χ4v) is 4.23. The Kier molecular flexibility index (Phi) is 6.01. The summed E-state index contributed by atoms with van der Waals surface area (Å²) < 4.78 is 1.74. The van der Waals surface area contributed by atoms with Crippen LogP contribution in [0.4, 0.5) is 5.69 Å². The zero-order valence-electron chi connectivity index (χ0n) is 18.4. The number of aromatic nitrogens is 1. The summed E-state index contributed by atoms with van der Waals surface area (Å²) in [6.07, 6.45) is 1.83. The van der Waals surface area contributed by atoms with Gasteiger partial charge in [-0.3, -0.25) is 19.7 Å². The van der Waals surface area contributed by atoms with Crippen molar-refractivity contribution in [2.75, 3.05) is 5.43 Å². The minimum atomic E-state index is -0.192. The number of hydrogen-bond donors (Lipinski definition) is 2. The van der Waals surface area contributed by atoms with Crippen molar-refractivity contribution in [3.05, 3.63) is 93.1 Å². The third-order valence-electron chi connectivity index (χ3n) is 5.38. The van der Waals surface area contributed by atoms with E-state index in [4.69, 9.17) is 0 Å². The van der Waals surface area contributed by atoms with Crippen LogP contribution in [0.15, 0.2) is 64.5 Å². The van der Waals surface area contributed by atoms with E-state index in [0.29, 0.717) is 15.6 Å². The van der Waals surface area contributed by atoms with Crippen molar-refractivity contribution in [3.63, 3.8) is 0 Å². The van der Waals surface area contributed by atoms with Gasteiger partial charge in [-0.2, -0.15) is 0 Å². The molecule has 0 bridgehead atoms. The monoisotopic (exact) mass is 444 g/mol. The zero-order valence-corrected chi connectivity index (χ0v) is 19.2. The molecule has 2 aromatic carbocycles. The van der Waals surface area contributed by atoms with E-state index < -0.39 is 0 Å². The molecule has 1 saturated heterocycles. The van der Waals surface area contributed by atoms with Gasteiger partial charge in [0.25, 0.3) is 11.8 Å². The minimum absolute atomic E-state index is 0.185. The van der Waals surface area contributed by atoms with Crippen molar-refractivity contribution in [1.29, 1.82) is 0 Å². The van der Waals surface area contributed by atoms with Gasteiger partial charge in [-0.05, 0) is 92.6 Å². The van der Waals surface area contributed by atoms with Crippen LogP contribution in [-0.2, 0) is 4.79 Å². The van der Waals surface area contributed by atoms with E-state index in [9.17, 15) is 9.59 Å². The molecule has 0 atom stereocenters. The second kappa shape index (κ2) is 8.88. The number of nitrogens with zero attached hydrogens (tertiary/aromatic N) is 2. The molecule has 162 valence electrons. The van der Waals surface area contributed by atoms with E-state index in [1.807, 2.05) is 69.3 Å². The highest BCUT2D eigenvalue weighted by Gasteiger charge is 2.24. The molecule has 6 nitrogen and oxygen atoms in total. The average molecular weight is 445 g/mol. The first-order chi connectivity index (χ1) is 15.3. The lowest BCUT2D eigenvalue weighted by atomic mass is 10.1. The SMILES string of the molecule is Cc1ccc(N=C2NC(=O)/C(=C/c3cc(C)n(NC(=O)c4ccccc4)c3C)S2)cc1C. The molecule has 3 aromatic rings. The number of carbonyl (C=O) groups excluding carboxylic acids is 2. The first-order valence-electron chi connectivity index (χ1n) is 10.2. The highest BCUT2D eigenvalue weighted by atomic mass is 32.2. The number of amides is 2. The quantitative estimate of drug-likeness (QED) is 0.556. The van der Waals surface area contributed by atoms with E-state index in [0.717, 1.165) is 28.2 Å². The van der Waals surface area contributed by atoms with Gasteiger partial charge in [0.1, 0.15) is 0 Å². The zero-order chi connectivity index (χ0) is 22.8. The van der Waals surface area contributed by atoms with Crippen molar-refractivity contribution in [1.82, 2.24) is 9.99 Å². The Morgan fingerprint density at radius 1 is 1.03 bits per heavy atom. The molecule has 1 aliphatic rings. The highest BCUT2D eigenvalue weighted by Crippen LogP contribution is 2.30. The largest absolute Gasteiger partial charge is 0.300 e. The van der Waals surface area contributed by atoms with Crippen molar-refractivity contribution >= 4 is 40.5 Å². The van der Waals surface area contributed by atoms with Gasteiger partial charge in [-0.15, -0.1) is 0 Å². The minimum Gasteiger partial charge on any atom is -0.300 e. The summed E-state index contributed by atoms with van der Waals surface area (Å²) >= 11 is 1.31. The topological polar surface area (TPSA) is 75.5 Å². The van der Waals surface area contributed by atoms with Gasteiger partial charge in [0.2, 0.25) is 0 Å². The molecule has 32 heavy (non-hydrogen) atoms. The van der Waals surface area contributed by atoms with Crippen LogP contribution >= 0.6 is 11.8 Å². The summed E-state index contributed by atoms with van der Waals surface area (Å²) in [6, 6.07) is 17.0. The molecular weight excluding hydrogens is 420 g/mol. The molecule has 0 unspecified atom stereocenters. The Morgan fingerprint density at radius 3 is 2.50 bits per heavy atom. The second-order valence-corrected chi connectivity index (χ2v) is 8.75. The number of aliphatic imine (C=N–C) groups is 1. The Hall–Kier alpha value is -3.58. The Bertz CT molecular complexity index is 1270. The summed E-state index contributed by atoms with van der Waals surface area (Å²) in [5.74, 6) is -0.377. The third-order valence-corrected chi connectivity index (χ3v) is 6.29. The molecule has 0 radical (unpaired) electrons. The molecule has 7 heteroatoms. The maximum atomic E-state index is 12.6. The van der Waals surface area contributed by atoms with E-state index in [1.165, 1.54) is 17.3 Å². The molecule has 2 N–H and O–H groups in total. The van der Waals surface area contributed by atoms with Gasteiger partial charge in [0, 0.05) is 17.0 Å². The maximum absolute atomic E-state index is 12.6. The fraction of sp³-hybridized carbons (Fsp3) is 0.160. The van der Waals surface area contributed by atoms with Crippen LogP contribution in [0.2, 0.25) is 0 Å². The first kappa shape index (κ1) is 21.6. The number of aryl methyl sites for hydroxylation is 3. The summed E-state index contributed by atoms with van der Waals surface area (Å²) in [5, 5.41) is 3.38. The van der Waals surface area contributed by atoms with Gasteiger partial charge >= 0.3 is 0 Å². The molecule has 4 rings (SSSR count). The highest BCUT2D eigenvalue weighted by molar-refractivity contribution is 8.18. The average Bonchev–Trinajstić information content (AvgIpc) is 3.24. The van der Waals surface area contributed by atoms with E-state index >= 15 is 0 Å².